The Morgan fingerprint density at radius 3 is 2.33 bits per heavy atom. The van der Waals surface area contributed by atoms with Gasteiger partial charge in [-0.2, -0.15) is 0 Å². The number of hydrogen-bond acceptors (Lipinski definition) is 2. The molecule has 2 heteroatoms. The lowest BCUT2D eigenvalue weighted by Crippen LogP contribution is -2.06. The van der Waals surface area contributed by atoms with Gasteiger partial charge in [0.15, 0.2) is 0 Å². The van der Waals surface area contributed by atoms with Crippen LogP contribution in [0.15, 0.2) is 18.2 Å². The molecule has 0 amide bonds. The number of ether oxygens (including phenoxy) is 1. The van der Waals surface area contributed by atoms with E-state index in [9.17, 15) is 4.79 Å². The molecule has 0 aliphatic rings. The highest BCUT2D eigenvalue weighted by Gasteiger charge is 2.08. The number of carbonyl (C=O) groups is 1. The number of aryl methyl sites for hydroxylation is 2. The van der Waals surface area contributed by atoms with Gasteiger partial charge in [-0.15, -0.1) is 0 Å². The summed E-state index contributed by atoms with van der Waals surface area (Å²) in [5, 5.41) is 0. The molecule has 15 heavy (non-hydrogen) atoms. The predicted octanol–water partition coefficient (Wildman–Crippen LogP) is 2.99. The Hall–Kier alpha value is -1.31. The van der Waals surface area contributed by atoms with Crippen molar-refractivity contribution in [2.24, 2.45) is 0 Å². The number of hydrogen-bond donors (Lipinski definition) is 0. The maximum atomic E-state index is 11.5. The third-order valence-corrected chi connectivity index (χ3v) is 2.48. The molecular formula is C13H18O2. The van der Waals surface area contributed by atoms with Crippen LogP contribution in [0.4, 0.5) is 0 Å². The standard InChI is InChI=1S/C13H18O2/c1-4-10-7-8-12(9-11(10)5-2)13(14)15-6-3/h7-9H,4-6H2,1-3H3. The molecule has 0 atom stereocenters. The summed E-state index contributed by atoms with van der Waals surface area (Å²) in [6.07, 6.45) is 1.96. The van der Waals surface area contributed by atoms with Crippen molar-refractivity contribution in [2.45, 2.75) is 33.6 Å². The Bertz CT molecular complexity index is 342. The molecule has 2 nitrogen and oxygen atoms in total. The first kappa shape index (κ1) is 11.8. The quantitative estimate of drug-likeness (QED) is 0.708. The van der Waals surface area contributed by atoms with Crippen molar-refractivity contribution in [3.8, 4) is 0 Å². The Morgan fingerprint density at radius 2 is 1.80 bits per heavy atom. The zero-order valence-corrected chi connectivity index (χ0v) is 9.67. The van der Waals surface area contributed by atoms with Crippen LogP contribution in [0.25, 0.3) is 0 Å². The SMILES string of the molecule is CCOC(=O)c1ccc(CC)c(CC)c1. The first-order valence-corrected chi connectivity index (χ1v) is 5.51. The van der Waals surface area contributed by atoms with Crippen molar-refractivity contribution in [3.63, 3.8) is 0 Å². The highest BCUT2D eigenvalue weighted by Crippen LogP contribution is 2.14. The summed E-state index contributed by atoms with van der Waals surface area (Å²) in [6, 6.07) is 5.80. The first-order chi connectivity index (χ1) is 7.22. The molecule has 0 aromatic heterocycles. The van der Waals surface area contributed by atoms with E-state index in [0.717, 1.165) is 12.8 Å². The summed E-state index contributed by atoms with van der Waals surface area (Å²) in [4.78, 5) is 11.5. The average molecular weight is 206 g/mol. The molecule has 0 aliphatic carbocycles. The molecule has 1 rings (SSSR count). The van der Waals surface area contributed by atoms with Crippen molar-refractivity contribution >= 4 is 5.97 Å². The largest absolute Gasteiger partial charge is 0.462 e. The monoisotopic (exact) mass is 206 g/mol. The second-order valence-electron chi connectivity index (χ2n) is 3.41. The van der Waals surface area contributed by atoms with Gasteiger partial charge in [0.1, 0.15) is 0 Å². The maximum absolute atomic E-state index is 11.5. The van der Waals surface area contributed by atoms with E-state index in [1.54, 1.807) is 0 Å². The normalized spacial score (nSPS) is 10.1. The Morgan fingerprint density at radius 1 is 1.13 bits per heavy atom. The number of esters is 1. The van der Waals surface area contributed by atoms with Crippen LogP contribution in [0.1, 0.15) is 42.3 Å². The molecule has 0 heterocycles. The summed E-state index contributed by atoms with van der Waals surface area (Å²) in [5.41, 5.74) is 3.21. The van der Waals surface area contributed by atoms with Gasteiger partial charge in [0.25, 0.3) is 0 Å². The van der Waals surface area contributed by atoms with Crippen molar-refractivity contribution < 1.29 is 9.53 Å². The van der Waals surface area contributed by atoms with Gasteiger partial charge in [0.05, 0.1) is 12.2 Å². The predicted molar refractivity (Wildman–Crippen MR) is 61.2 cm³/mol. The van der Waals surface area contributed by atoms with Gasteiger partial charge in [-0.3, -0.25) is 0 Å². The van der Waals surface area contributed by atoms with Gasteiger partial charge >= 0.3 is 5.97 Å². The minimum atomic E-state index is -0.227. The maximum Gasteiger partial charge on any atom is 0.338 e. The summed E-state index contributed by atoms with van der Waals surface area (Å²) in [7, 11) is 0. The smallest absolute Gasteiger partial charge is 0.338 e. The summed E-state index contributed by atoms with van der Waals surface area (Å²) in [6.45, 7) is 6.47. The molecule has 0 fully saturated rings. The molecule has 0 unspecified atom stereocenters. The van der Waals surface area contributed by atoms with Gasteiger partial charge in [-0.1, -0.05) is 19.9 Å². The van der Waals surface area contributed by atoms with Crippen molar-refractivity contribution in [3.05, 3.63) is 34.9 Å². The molecule has 0 saturated carbocycles. The Kier molecular flexibility index (Phi) is 4.35. The number of rotatable bonds is 4. The van der Waals surface area contributed by atoms with Gasteiger partial charge in [-0.25, -0.2) is 4.79 Å². The summed E-state index contributed by atoms with van der Waals surface area (Å²) >= 11 is 0. The third-order valence-electron chi connectivity index (χ3n) is 2.48. The molecular weight excluding hydrogens is 188 g/mol. The molecule has 0 aliphatic heterocycles. The van der Waals surface area contributed by atoms with Crippen molar-refractivity contribution in [1.82, 2.24) is 0 Å². The number of carbonyl (C=O) groups excluding carboxylic acids is 1. The molecule has 0 spiro atoms. The molecule has 1 aromatic carbocycles. The minimum Gasteiger partial charge on any atom is -0.462 e. The van der Waals surface area contributed by atoms with Gasteiger partial charge in [0, 0.05) is 0 Å². The van der Waals surface area contributed by atoms with Crippen LogP contribution < -0.4 is 0 Å². The topological polar surface area (TPSA) is 26.3 Å². The van der Waals surface area contributed by atoms with Gasteiger partial charge < -0.3 is 4.74 Å². The summed E-state index contributed by atoms with van der Waals surface area (Å²) in [5.74, 6) is -0.227. The van der Waals surface area contributed by atoms with Crippen LogP contribution in [0.3, 0.4) is 0 Å². The van der Waals surface area contributed by atoms with Crippen LogP contribution in [0, 0.1) is 0 Å². The minimum absolute atomic E-state index is 0.227. The highest BCUT2D eigenvalue weighted by molar-refractivity contribution is 5.89. The van der Waals surface area contributed by atoms with Crippen molar-refractivity contribution in [1.29, 1.82) is 0 Å². The van der Waals surface area contributed by atoms with Crippen LogP contribution in [0.5, 0.6) is 0 Å². The fourth-order valence-corrected chi connectivity index (χ4v) is 1.64. The zero-order valence-electron chi connectivity index (χ0n) is 9.67. The average Bonchev–Trinajstić information content (AvgIpc) is 2.28. The van der Waals surface area contributed by atoms with E-state index in [4.69, 9.17) is 4.74 Å². The lowest BCUT2D eigenvalue weighted by Gasteiger charge is -2.08. The lowest BCUT2D eigenvalue weighted by atomic mass is 10.0. The lowest BCUT2D eigenvalue weighted by molar-refractivity contribution is 0.0526. The van der Waals surface area contributed by atoms with E-state index in [0.29, 0.717) is 12.2 Å². The van der Waals surface area contributed by atoms with Gasteiger partial charge in [0.2, 0.25) is 0 Å². The van der Waals surface area contributed by atoms with Crippen LogP contribution in [-0.2, 0) is 17.6 Å². The van der Waals surface area contributed by atoms with E-state index < -0.39 is 0 Å². The van der Waals surface area contributed by atoms with E-state index in [1.165, 1.54) is 11.1 Å². The number of benzene rings is 1. The first-order valence-electron chi connectivity index (χ1n) is 5.51. The fraction of sp³-hybridized carbons (Fsp3) is 0.462. The van der Waals surface area contributed by atoms with E-state index in [-0.39, 0.29) is 5.97 Å². The third kappa shape index (κ3) is 2.82. The molecule has 1 aromatic rings. The highest BCUT2D eigenvalue weighted by atomic mass is 16.5. The zero-order chi connectivity index (χ0) is 11.3. The second kappa shape index (κ2) is 5.54. The van der Waals surface area contributed by atoms with Crippen LogP contribution >= 0.6 is 0 Å². The Labute approximate surface area is 91.3 Å². The van der Waals surface area contributed by atoms with Crippen molar-refractivity contribution in [2.75, 3.05) is 6.61 Å². The molecule has 0 radical (unpaired) electrons. The Balaban J connectivity index is 2.97. The fourth-order valence-electron chi connectivity index (χ4n) is 1.64. The van der Waals surface area contributed by atoms with Crippen LogP contribution in [0.2, 0.25) is 0 Å². The van der Waals surface area contributed by atoms with E-state index >= 15 is 0 Å². The molecule has 0 bridgehead atoms. The second-order valence-corrected chi connectivity index (χ2v) is 3.41. The molecule has 0 N–H and O–H groups in total. The van der Waals surface area contributed by atoms with Crippen LogP contribution in [-0.4, -0.2) is 12.6 Å². The molecule has 0 saturated heterocycles. The van der Waals surface area contributed by atoms with E-state index in [2.05, 4.69) is 13.8 Å². The molecule has 82 valence electrons. The van der Waals surface area contributed by atoms with Gasteiger partial charge in [-0.05, 0) is 43.0 Å². The summed E-state index contributed by atoms with van der Waals surface area (Å²) < 4.78 is 4.96. The van der Waals surface area contributed by atoms with E-state index in [1.807, 2.05) is 25.1 Å².